The number of hydrogen-bond acceptors (Lipinski definition) is 3. The van der Waals surface area contributed by atoms with Gasteiger partial charge in [0.15, 0.2) is 5.82 Å². The van der Waals surface area contributed by atoms with Gasteiger partial charge in [-0.05, 0) is 12.1 Å². The van der Waals surface area contributed by atoms with Gasteiger partial charge in [0.25, 0.3) is 0 Å². The number of oxime groups is 1. The van der Waals surface area contributed by atoms with E-state index in [4.69, 9.17) is 16.7 Å². The molecule has 1 atom stereocenters. The van der Waals surface area contributed by atoms with Gasteiger partial charge in [0, 0.05) is 6.42 Å². The first kappa shape index (κ1) is 15.4. The van der Waals surface area contributed by atoms with Crippen molar-refractivity contribution < 1.29 is 23.5 Å². The smallest absolute Gasteiger partial charge is 0.348 e. The van der Waals surface area contributed by atoms with Crippen molar-refractivity contribution in [1.82, 2.24) is 0 Å². The van der Waals surface area contributed by atoms with E-state index < -0.39 is 29.3 Å². The molecule has 104 valence electrons. The Labute approximate surface area is 113 Å². The van der Waals surface area contributed by atoms with Crippen LogP contribution in [0.3, 0.4) is 0 Å². The Bertz CT molecular complexity index is 520. The fraction of sp³-hybridized carbons (Fsp3) is 0.333. The first-order valence-corrected chi connectivity index (χ1v) is 5.98. The molecule has 0 aromatic heterocycles. The molecule has 1 unspecified atom stereocenters. The van der Waals surface area contributed by atoms with E-state index in [0.717, 1.165) is 12.1 Å². The van der Waals surface area contributed by atoms with Gasteiger partial charge in [-0.15, -0.1) is 0 Å². The largest absolute Gasteiger partial charge is 0.478 e. The Morgan fingerprint density at radius 1 is 1.47 bits per heavy atom. The fourth-order valence-corrected chi connectivity index (χ4v) is 1.61. The lowest BCUT2D eigenvalue weighted by molar-refractivity contribution is -0.148. The van der Waals surface area contributed by atoms with Gasteiger partial charge in [0.2, 0.25) is 6.10 Å². The first-order chi connectivity index (χ1) is 9.00. The third kappa shape index (κ3) is 3.20. The second kappa shape index (κ2) is 6.47. The molecule has 0 spiro atoms. The molecule has 1 aliphatic heterocycles. The summed E-state index contributed by atoms with van der Waals surface area (Å²) in [6.07, 6.45) is -1.42. The van der Waals surface area contributed by atoms with Crippen molar-refractivity contribution in [3.05, 3.63) is 34.4 Å². The van der Waals surface area contributed by atoms with Gasteiger partial charge >= 0.3 is 5.97 Å². The second-order valence-electron chi connectivity index (χ2n) is 3.39. The summed E-state index contributed by atoms with van der Waals surface area (Å²) in [5.41, 5.74) is -0.545. The lowest BCUT2D eigenvalue weighted by Gasteiger charge is -2.04. The van der Waals surface area contributed by atoms with Gasteiger partial charge in [-0.3, -0.25) is 0 Å². The van der Waals surface area contributed by atoms with E-state index in [1.54, 1.807) is 0 Å². The number of hydrogen-bond donors (Lipinski definition) is 1. The number of halogens is 3. The van der Waals surface area contributed by atoms with Crippen LogP contribution in [-0.4, -0.2) is 22.9 Å². The Morgan fingerprint density at radius 2 is 2.11 bits per heavy atom. The average Bonchev–Trinajstić information content (AvgIpc) is 2.86. The van der Waals surface area contributed by atoms with E-state index in [2.05, 4.69) is 9.99 Å². The van der Waals surface area contributed by atoms with Crippen LogP contribution in [0.25, 0.3) is 0 Å². The van der Waals surface area contributed by atoms with Crippen molar-refractivity contribution in [3.8, 4) is 0 Å². The molecule has 1 aliphatic rings. The van der Waals surface area contributed by atoms with Crippen LogP contribution in [-0.2, 0) is 9.63 Å². The maximum atomic E-state index is 13.6. The molecular weight excluding hydrogens is 280 g/mol. The van der Waals surface area contributed by atoms with E-state index >= 15 is 0 Å². The number of aliphatic carboxylic acids is 1. The second-order valence-corrected chi connectivity index (χ2v) is 3.80. The predicted octanol–water partition coefficient (Wildman–Crippen LogP) is 3.22. The number of benzene rings is 1. The summed E-state index contributed by atoms with van der Waals surface area (Å²) in [6, 6.07) is 2.05. The SMILES string of the molecule is CC.O=C(O)C1CC(c2c(F)ccc(Cl)c2F)=NO1. The first-order valence-electron chi connectivity index (χ1n) is 5.60. The van der Waals surface area contributed by atoms with E-state index in [9.17, 15) is 13.6 Å². The van der Waals surface area contributed by atoms with Crippen LogP contribution in [0.5, 0.6) is 0 Å². The van der Waals surface area contributed by atoms with Gasteiger partial charge in [0.05, 0.1) is 16.3 Å². The van der Waals surface area contributed by atoms with Gasteiger partial charge < -0.3 is 9.94 Å². The summed E-state index contributed by atoms with van der Waals surface area (Å²) < 4.78 is 27.0. The number of rotatable bonds is 2. The summed E-state index contributed by atoms with van der Waals surface area (Å²) >= 11 is 5.51. The summed E-state index contributed by atoms with van der Waals surface area (Å²) in [6.45, 7) is 4.00. The van der Waals surface area contributed by atoms with E-state index in [1.165, 1.54) is 0 Å². The molecule has 4 nitrogen and oxygen atoms in total. The molecule has 7 heteroatoms. The molecule has 19 heavy (non-hydrogen) atoms. The topological polar surface area (TPSA) is 58.9 Å². The minimum absolute atomic E-state index is 0.102. The molecule has 0 amide bonds. The zero-order valence-electron chi connectivity index (χ0n) is 10.3. The van der Waals surface area contributed by atoms with Crippen LogP contribution in [0.2, 0.25) is 5.02 Å². The third-order valence-electron chi connectivity index (χ3n) is 2.28. The third-order valence-corrected chi connectivity index (χ3v) is 2.57. The van der Waals surface area contributed by atoms with Crippen molar-refractivity contribution in [2.75, 3.05) is 0 Å². The Kier molecular flexibility index (Phi) is 5.23. The van der Waals surface area contributed by atoms with Crippen molar-refractivity contribution in [2.45, 2.75) is 26.4 Å². The molecule has 1 aromatic carbocycles. The van der Waals surface area contributed by atoms with E-state index in [0.29, 0.717) is 0 Å². The highest BCUT2D eigenvalue weighted by Crippen LogP contribution is 2.26. The van der Waals surface area contributed by atoms with Gasteiger partial charge in [-0.2, -0.15) is 0 Å². The molecule has 1 aromatic rings. The van der Waals surface area contributed by atoms with Crippen LogP contribution < -0.4 is 0 Å². The molecule has 1 heterocycles. The lowest BCUT2D eigenvalue weighted by atomic mass is 10.0. The number of carboxylic acids is 1. The van der Waals surface area contributed by atoms with Gasteiger partial charge in [0.1, 0.15) is 5.82 Å². The zero-order valence-corrected chi connectivity index (χ0v) is 11.0. The van der Waals surface area contributed by atoms with E-state index in [-0.39, 0.29) is 17.2 Å². The van der Waals surface area contributed by atoms with E-state index in [1.807, 2.05) is 13.8 Å². The minimum atomic E-state index is -1.24. The summed E-state index contributed by atoms with van der Waals surface area (Å²) in [5, 5.41) is 11.8. The maximum absolute atomic E-state index is 13.6. The number of carboxylic acid groups (broad SMARTS) is 1. The number of nitrogens with zero attached hydrogens (tertiary/aromatic N) is 1. The molecule has 1 N–H and O–H groups in total. The van der Waals surface area contributed by atoms with Crippen LogP contribution in [0.15, 0.2) is 17.3 Å². The summed E-state index contributed by atoms with van der Waals surface area (Å²) in [4.78, 5) is 15.1. The van der Waals surface area contributed by atoms with Crippen molar-refractivity contribution >= 4 is 23.3 Å². The molecule has 0 bridgehead atoms. The Balaban J connectivity index is 0.000000861. The van der Waals surface area contributed by atoms with Crippen LogP contribution >= 0.6 is 11.6 Å². The van der Waals surface area contributed by atoms with Gasteiger partial charge in [-0.1, -0.05) is 30.6 Å². The normalized spacial score (nSPS) is 17.1. The summed E-state index contributed by atoms with van der Waals surface area (Å²) in [5.74, 6) is -3.08. The Hall–Kier alpha value is -1.69. The van der Waals surface area contributed by atoms with Crippen LogP contribution in [0, 0.1) is 11.6 Å². The standard InChI is InChI=1S/C10H6ClF2NO3.C2H6/c11-4-1-2-5(12)8(9(4)13)6-3-7(10(15)16)17-14-6;1-2/h1-2,7H,3H2,(H,15,16);1-2H3. The van der Waals surface area contributed by atoms with Crippen LogP contribution in [0.4, 0.5) is 8.78 Å². The quantitative estimate of drug-likeness (QED) is 0.851. The predicted molar refractivity (Wildman–Crippen MR) is 66.4 cm³/mol. The molecule has 0 saturated heterocycles. The van der Waals surface area contributed by atoms with Crippen molar-refractivity contribution in [1.29, 1.82) is 0 Å². The van der Waals surface area contributed by atoms with Crippen molar-refractivity contribution in [2.24, 2.45) is 5.16 Å². The molecule has 0 fully saturated rings. The average molecular weight is 292 g/mol. The monoisotopic (exact) mass is 291 g/mol. The fourth-order valence-electron chi connectivity index (χ4n) is 1.45. The minimum Gasteiger partial charge on any atom is -0.478 e. The lowest BCUT2D eigenvalue weighted by Crippen LogP contribution is -2.20. The molecular formula is C12H12ClF2NO3. The maximum Gasteiger partial charge on any atom is 0.348 e. The van der Waals surface area contributed by atoms with Gasteiger partial charge in [-0.25, -0.2) is 13.6 Å². The Morgan fingerprint density at radius 3 is 2.63 bits per heavy atom. The highest BCUT2D eigenvalue weighted by atomic mass is 35.5. The van der Waals surface area contributed by atoms with Crippen molar-refractivity contribution in [3.63, 3.8) is 0 Å². The zero-order chi connectivity index (χ0) is 14.6. The van der Waals surface area contributed by atoms with Crippen LogP contribution in [0.1, 0.15) is 25.8 Å². The molecule has 0 radical (unpaired) electrons. The molecule has 0 aliphatic carbocycles. The molecule has 2 rings (SSSR count). The highest BCUT2D eigenvalue weighted by Gasteiger charge is 2.31. The summed E-state index contributed by atoms with van der Waals surface area (Å²) in [7, 11) is 0. The highest BCUT2D eigenvalue weighted by molar-refractivity contribution is 6.31. The molecule has 0 saturated carbocycles. The number of carbonyl (C=O) groups is 1.